The van der Waals surface area contributed by atoms with E-state index < -0.39 is 10.0 Å². The number of hydrogen-bond acceptors (Lipinski definition) is 4. The molecule has 0 aliphatic carbocycles. The van der Waals surface area contributed by atoms with Crippen LogP contribution in [0.1, 0.15) is 24.5 Å². The zero-order valence-electron chi connectivity index (χ0n) is 14.6. The smallest absolute Gasteiger partial charge is 0.240 e. The fraction of sp³-hybridized carbons (Fsp3) is 0.316. The Balaban J connectivity index is 1.60. The predicted molar refractivity (Wildman–Crippen MR) is 99.8 cm³/mol. The number of carbonyl (C=O) groups excluding carboxylic acids is 1. The lowest BCUT2D eigenvalue weighted by atomic mass is 10.1. The summed E-state index contributed by atoms with van der Waals surface area (Å²) in [6.45, 7) is 2.43. The fourth-order valence-corrected chi connectivity index (χ4v) is 4.24. The van der Waals surface area contributed by atoms with Crippen molar-refractivity contribution in [2.45, 2.75) is 31.1 Å². The summed E-state index contributed by atoms with van der Waals surface area (Å²) in [5.41, 5.74) is 2.72. The summed E-state index contributed by atoms with van der Waals surface area (Å²) in [5.74, 6) is 0.182. The maximum absolute atomic E-state index is 12.5. The number of nitrogens with zero attached hydrogens (tertiary/aromatic N) is 1. The van der Waals surface area contributed by atoms with E-state index >= 15 is 0 Å². The Hall–Kier alpha value is -2.38. The van der Waals surface area contributed by atoms with Crippen molar-refractivity contribution < 1.29 is 18.3 Å². The van der Waals surface area contributed by atoms with Gasteiger partial charge in [0.2, 0.25) is 15.9 Å². The van der Waals surface area contributed by atoms with Crippen LogP contribution >= 0.6 is 0 Å². The van der Waals surface area contributed by atoms with Crippen molar-refractivity contribution in [2.24, 2.45) is 0 Å². The predicted octanol–water partition coefficient (Wildman–Crippen LogP) is 2.21. The van der Waals surface area contributed by atoms with Crippen LogP contribution in [-0.4, -0.2) is 32.5 Å². The normalized spacial score (nSPS) is 13.7. The van der Waals surface area contributed by atoms with Crippen molar-refractivity contribution in [3.05, 3.63) is 53.6 Å². The molecule has 0 radical (unpaired) electrons. The highest BCUT2D eigenvalue weighted by Crippen LogP contribution is 2.30. The second-order valence-corrected chi connectivity index (χ2v) is 8.15. The van der Waals surface area contributed by atoms with Crippen LogP contribution in [0.25, 0.3) is 0 Å². The molecule has 0 fully saturated rings. The number of hydrogen-bond donors (Lipinski definition) is 2. The molecule has 0 atom stereocenters. The zero-order valence-corrected chi connectivity index (χ0v) is 15.4. The summed E-state index contributed by atoms with van der Waals surface area (Å²) in [6.07, 6.45) is 2.05. The van der Waals surface area contributed by atoms with Gasteiger partial charge in [-0.2, -0.15) is 0 Å². The van der Waals surface area contributed by atoms with Crippen molar-refractivity contribution in [3.63, 3.8) is 0 Å². The molecule has 0 aromatic heterocycles. The molecular formula is C19H22N2O4S. The molecule has 0 unspecified atom stereocenters. The van der Waals surface area contributed by atoms with Crippen molar-refractivity contribution in [1.29, 1.82) is 0 Å². The van der Waals surface area contributed by atoms with Crippen molar-refractivity contribution in [1.82, 2.24) is 4.72 Å². The highest BCUT2D eigenvalue weighted by Gasteiger charge is 2.24. The van der Waals surface area contributed by atoms with Gasteiger partial charge in [0.25, 0.3) is 0 Å². The van der Waals surface area contributed by atoms with Crippen molar-refractivity contribution in [2.75, 3.05) is 18.0 Å². The third-order valence-electron chi connectivity index (χ3n) is 4.51. The molecule has 1 amide bonds. The van der Waals surface area contributed by atoms with Gasteiger partial charge in [0.15, 0.2) is 0 Å². The van der Waals surface area contributed by atoms with Gasteiger partial charge in [-0.1, -0.05) is 12.1 Å². The molecule has 6 nitrogen and oxygen atoms in total. The monoisotopic (exact) mass is 374 g/mol. The Kier molecular flexibility index (Phi) is 5.29. The van der Waals surface area contributed by atoms with Crippen LogP contribution in [0.2, 0.25) is 0 Å². The molecule has 2 aromatic carbocycles. The number of sulfonamides is 1. The lowest BCUT2D eigenvalue weighted by Gasteiger charge is -2.15. The Labute approximate surface area is 153 Å². The number of phenolic OH excluding ortho intramolecular Hbond substituents is 1. The molecule has 26 heavy (non-hydrogen) atoms. The largest absolute Gasteiger partial charge is 0.508 e. The molecule has 0 bridgehead atoms. The van der Waals surface area contributed by atoms with E-state index in [-0.39, 0.29) is 16.6 Å². The molecule has 1 heterocycles. The van der Waals surface area contributed by atoms with Crippen molar-refractivity contribution >= 4 is 21.6 Å². The molecule has 2 N–H and O–H groups in total. The van der Waals surface area contributed by atoms with Gasteiger partial charge in [-0.25, -0.2) is 13.1 Å². The van der Waals surface area contributed by atoms with Gasteiger partial charge in [0.1, 0.15) is 5.75 Å². The van der Waals surface area contributed by atoms with Gasteiger partial charge in [-0.15, -0.1) is 0 Å². The molecule has 138 valence electrons. The number of rotatable bonds is 6. The summed E-state index contributed by atoms with van der Waals surface area (Å²) in [7, 11) is -3.57. The number of fused-ring (bicyclic) bond motifs is 1. The molecule has 1 aliphatic rings. The lowest BCUT2D eigenvalue weighted by molar-refractivity contribution is -0.116. The minimum absolute atomic E-state index is 0.0355. The number of carbonyl (C=O) groups is 1. The van der Waals surface area contributed by atoms with Gasteiger partial charge < -0.3 is 10.0 Å². The standard InChI is InChI=1S/C19H22N2O4S/c1-14(22)21-12-10-16-13-18(8-9-19(16)21)26(24,25)20-11-2-3-15-4-6-17(23)7-5-15/h4-9,13,20,23H,2-3,10-12H2,1H3. The quantitative estimate of drug-likeness (QED) is 0.759. The van der Waals surface area contributed by atoms with E-state index in [0.717, 1.165) is 23.2 Å². The molecule has 2 aromatic rings. The number of aryl methyl sites for hydroxylation is 1. The van der Waals surface area contributed by atoms with E-state index in [1.54, 1.807) is 35.2 Å². The number of phenols is 1. The second kappa shape index (κ2) is 7.47. The topological polar surface area (TPSA) is 86.7 Å². The zero-order chi connectivity index (χ0) is 18.7. The minimum Gasteiger partial charge on any atom is -0.508 e. The Morgan fingerprint density at radius 3 is 2.62 bits per heavy atom. The Morgan fingerprint density at radius 1 is 1.19 bits per heavy atom. The first-order valence-corrected chi connectivity index (χ1v) is 10.0. The number of benzene rings is 2. The summed E-state index contributed by atoms with van der Waals surface area (Å²) >= 11 is 0. The van der Waals surface area contributed by atoms with Crippen LogP contribution in [0, 0.1) is 0 Å². The van der Waals surface area contributed by atoms with Gasteiger partial charge in [-0.05, 0) is 60.7 Å². The van der Waals surface area contributed by atoms with E-state index in [4.69, 9.17) is 0 Å². The Morgan fingerprint density at radius 2 is 1.92 bits per heavy atom. The van der Waals surface area contributed by atoms with Gasteiger partial charge in [-0.3, -0.25) is 4.79 Å². The average molecular weight is 374 g/mol. The first-order chi connectivity index (χ1) is 12.4. The fourth-order valence-electron chi connectivity index (χ4n) is 3.12. The highest BCUT2D eigenvalue weighted by molar-refractivity contribution is 7.89. The van der Waals surface area contributed by atoms with E-state index in [1.807, 2.05) is 12.1 Å². The maximum atomic E-state index is 12.5. The Bertz CT molecular complexity index is 908. The average Bonchev–Trinajstić information content (AvgIpc) is 3.04. The first-order valence-electron chi connectivity index (χ1n) is 8.55. The minimum atomic E-state index is -3.57. The van der Waals surface area contributed by atoms with Gasteiger partial charge in [0, 0.05) is 25.7 Å². The molecule has 7 heteroatoms. The molecule has 0 saturated heterocycles. The second-order valence-electron chi connectivity index (χ2n) is 6.38. The molecule has 1 aliphatic heterocycles. The first kappa shape index (κ1) is 18.4. The third-order valence-corrected chi connectivity index (χ3v) is 5.97. The van der Waals surface area contributed by atoms with Crippen LogP contribution in [0.5, 0.6) is 5.75 Å². The van der Waals surface area contributed by atoms with Gasteiger partial charge in [0.05, 0.1) is 4.90 Å². The van der Waals surface area contributed by atoms with E-state index in [0.29, 0.717) is 25.9 Å². The van der Waals surface area contributed by atoms with Crippen LogP contribution in [0.15, 0.2) is 47.4 Å². The molecule has 0 saturated carbocycles. The molecule has 3 rings (SSSR count). The molecular weight excluding hydrogens is 352 g/mol. The lowest BCUT2D eigenvalue weighted by Crippen LogP contribution is -2.26. The van der Waals surface area contributed by atoms with Crippen LogP contribution in [-0.2, 0) is 27.7 Å². The number of anilines is 1. The number of aromatic hydroxyl groups is 1. The maximum Gasteiger partial charge on any atom is 0.240 e. The number of amides is 1. The third kappa shape index (κ3) is 4.05. The molecule has 0 spiro atoms. The summed E-state index contributed by atoms with van der Waals surface area (Å²) in [6, 6.07) is 11.8. The summed E-state index contributed by atoms with van der Waals surface area (Å²) in [5, 5.41) is 9.26. The van der Waals surface area contributed by atoms with Crippen LogP contribution < -0.4 is 9.62 Å². The van der Waals surface area contributed by atoms with E-state index in [1.165, 1.54) is 6.92 Å². The highest BCUT2D eigenvalue weighted by atomic mass is 32.2. The van der Waals surface area contributed by atoms with Crippen LogP contribution in [0.4, 0.5) is 5.69 Å². The van der Waals surface area contributed by atoms with E-state index in [2.05, 4.69) is 4.72 Å². The SMILES string of the molecule is CC(=O)N1CCc2cc(S(=O)(=O)NCCCc3ccc(O)cc3)ccc21. The summed E-state index contributed by atoms with van der Waals surface area (Å²) < 4.78 is 27.6. The van der Waals surface area contributed by atoms with Crippen LogP contribution in [0.3, 0.4) is 0 Å². The van der Waals surface area contributed by atoms with Gasteiger partial charge >= 0.3 is 0 Å². The summed E-state index contributed by atoms with van der Waals surface area (Å²) in [4.78, 5) is 13.5. The number of nitrogens with one attached hydrogen (secondary N) is 1. The van der Waals surface area contributed by atoms with Crippen molar-refractivity contribution in [3.8, 4) is 5.75 Å². The van der Waals surface area contributed by atoms with E-state index in [9.17, 15) is 18.3 Å².